The Morgan fingerprint density at radius 1 is 0.436 bits per heavy atom. The standard InChI is InChI=1S/C50H97NO4/c1-3-5-7-9-11-13-15-17-18-19-20-21-22-23-24-25-26-27-28-29-30-31-32-33-35-37-39-41-43-45-49(54)51-47(46-52)50(55)48(53)44-42-40-38-36-34-16-14-12-10-8-6-4-2/h12,14,36,38,47-48,50,52-53,55H,3-11,13,15-35,37,39-46H2,1-2H3,(H,51,54)/b14-12+,38-36+. The maximum Gasteiger partial charge on any atom is 0.220 e. The normalized spacial score (nSPS) is 13.6. The molecule has 3 atom stereocenters. The summed E-state index contributed by atoms with van der Waals surface area (Å²) in [7, 11) is 0. The molecule has 3 unspecified atom stereocenters. The predicted molar refractivity (Wildman–Crippen MR) is 241 cm³/mol. The molecule has 0 aromatic heterocycles. The fourth-order valence-corrected chi connectivity index (χ4v) is 7.71. The van der Waals surface area contributed by atoms with Gasteiger partial charge in [0, 0.05) is 6.42 Å². The lowest BCUT2D eigenvalue weighted by Gasteiger charge is -2.26. The van der Waals surface area contributed by atoms with Crippen LogP contribution in [0.2, 0.25) is 0 Å². The third-order valence-corrected chi connectivity index (χ3v) is 11.5. The second-order valence-corrected chi connectivity index (χ2v) is 17.0. The van der Waals surface area contributed by atoms with E-state index in [0.717, 1.165) is 44.9 Å². The molecule has 0 spiro atoms. The third kappa shape index (κ3) is 40.8. The molecule has 0 aliphatic heterocycles. The lowest BCUT2D eigenvalue weighted by Crippen LogP contribution is -2.50. The van der Waals surface area contributed by atoms with Gasteiger partial charge in [-0.15, -0.1) is 0 Å². The van der Waals surface area contributed by atoms with Gasteiger partial charge in [0.05, 0.1) is 18.8 Å². The molecule has 5 nitrogen and oxygen atoms in total. The summed E-state index contributed by atoms with van der Waals surface area (Å²) < 4.78 is 0. The van der Waals surface area contributed by atoms with Gasteiger partial charge >= 0.3 is 0 Å². The van der Waals surface area contributed by atoms with E-state index < -0.39 is 18.2 Å². The minimum atomic E-state index is -1.16. The van der Waals surface area contributed by atoms with Crippen molar-refractivity contribution >= 4 is 5.91 Å². The summed E-state index contributed by atoms with van der Waals surface area (Å²) >= 11 is 0. The predicted octanol–water partition coefficient (Wildman–Crippen LogP) is 14.6. The number of carbonyl (C=O) groups excluding carboxylic acids is 1. The van der Waals surface area contributed by atoms with Gasteiger partial charge in [-0.05, 0) is 51.4 Å². The number of carbonyl (C=O) groups is 1. The fraction of sp³-hybridized carbons (Fsp3) is 0.900. The summed E-state index contributed by atoms with van der Waals surface area (Å²) in [4.78, 5) is 12.4. The van der Waals surface area contributed by atoms with Crippen molar-refractivity contribution < 1.29 is 20.1 Å². The summed E-state index contributed by atoms with van der Waals surface area (Å²) in [5.41, 5.74) is 0. The highest BCUT2D eigenvalue weighted by atomic mass is 16.3. The van der Waals surface area contributed by atoms with Gasteiger partial charge in [-0.2, -0.15) is 0 Å². The van der Waals surface area contributed by atoms with E-state index in [4.69, 9.17) is 0 Å². The topological polar surface area (TPSA) is 89.8 Å². The van der Waals surface area contributed by atoms with Crippen LogP contribution < -0.4 is 5.32 Å². The molecule has 0 radical (unpaired) electrons. The third-order valence-electron chi connectivity index (χ3n) is 11.5. The molecule has 326 valence electrons. The average molecular weight is 776 g/mol. The molecule has 0 rings (SSSR count). The first kappa shape index (κ1) is 53.8. The first-order valence-electron chi connectivity index (χ1n) is 24.6. The van der Waals surface area contributed by atoms with Crippen molar-refractivity contribution in [2.24, 2.45) is 0 Å². The lowest BCUT2D eigenvalue weighted by atomic mass is 10.0. The van der Waals surface area contributed by atoms with E-state index in [9.17, 15) is 20.1 Å². The van der Waals surface area contributed by atoms with Crippen LogP contribution in [0.4, 0.5) is 0 Å². The molecule has 1 amide bonds. The Balaban J connectivity index is 3.50. The van der Waals surface area contributed by atoms with Gasteiger partial charge in [0.25, 0.3) is 0 Å². The molecule has 0 aromatic rings. The number of rotatable bonds is 45. The SMILES string of the molecule is CCCCC/C=C/CC/C=C/CCCC(O)C(O)C(CO)NC(=O)CCCCCCCCCCCCCCCCCCCCCCCCCCCCCCC. The second kappa shape index (κ2) is 45.5. The van der Waals surface area contributed by atoms with Gasteiger partial charge < -0.3 is 20.6 Å². The molecular formula is C50H97NO4. The zero-order chi connectivity index (χ0) is 40.1. The van der Waals surface area contributed by atoms with Gasteiger partial charge in [-0.3, -0.25) is 4.79 Å². The zero-order valence-electron chi connectivity index (χ0n) is 37.1. The van der Waals surface area contributed by atoms with Crippen molar-refractivity contribution in [2.45, 2.75) is 283 Å². The van der Waals surface area contributed by atoms with Gasteiger partial charge in [0.15, 0.2) is 0 Å². The first-order chi connectivity index (χ1) is 27.1. The Hall–Kier alpha value is -1.17. The van der Waals surface area contributed by atoms with Gasteiger partial charge in [-0.25, -0.2) is 0 Å². The number of unbranched alkanes of at least 4 members (excludes halogenated alkanes) is 33. The Bertz CT molecular complexity index is 814. The number of aliphatic hydroxyl groups is 3. The average Bonchev–Trinajstić information content (AvgIpc) is 3.19. The van der Waals surface area contributed by atoms with Crippen molar-refractivity contribution in [2.75, 3.05) is 6.61 Å². The van der Waals surface area contributed by atoms with Gasteiger partial charge in [0.1, 0.15) is 6.10 Å². The summed E-state index contributed by atoms with van der Waals surface area (Å²) in [5, 5.41) is 33.5. The van der Waals surface area contributed by atoms with Crippen molar-refractivity contribution in [3.05, 3.63) is 24.3 Å². The number of hydrogen-bond donors (Lipinski definition) is 4. The van der Waals surface area contributed by atoms with Crippen molar-refractivity contribution in [3.8, 4) is 0 Å². The molecule has 0 saturated heterocycles. The molecule has 0 aliphatic rings. The van der Waals surface area contributed by atoms with E-state index in [1.807, 2.05) is 0 Å². The van der Waals surface area contributed by atoms with Gasteiger partial charge in [-0.1, -0.05) is 231 Å². The fourth-order valence-electron chi connectivity index (χ4n) is 7.71. The molecule has 55 heavy (non-hydrogen) atoms. The summed E-state index contributed by atoms with van der Waals surface area (Å²) in [6.45, 7) is 4.14. The molecule has 5 heteroatoms. The van der Waals surface area contributed by atoms with Crippen LogP contribution in [0.5, 0.6) is 0 Å². The Kier molecular flexibility index (Phi) is 44.6. The summed E-state index contributed by atoms with van der Waals surface area (Å²) in [5.74, 6) is -0.155. The minimum absolute atomic E-state index is 0.155. The monoisotopic (exact) mass is 776 g/mol. The quantitative estimate of drug-likeness (QED) is 0.0366. The van der Waals surface area contributed by atoms with E-state index >= 15 is 0 Å². The van der Waals surface area contributed by atoms with Crippen LogP contribution in [0.3, 0.4) is 0 Å². The molecule has 0 bridgehead atoms. The lowest BCUT2D eigenvalue weighted by molar-refractivity contribution is -0.124. The van der Waals surface area contributed by atoms with E-state index in [1.165, 1.54) is 193 Å². The summed E-state index contributed by atoms with van der Waals surface area (Å²) in [6, 6.07) is -0.828. The number of allylic oxidation sites excluding steroid dienone is 4. The smallest absolute Gasteiger partial charge is 0.220 e. The molecule has 4 N–H and O–H groups in total. The van der Waals surface area contributed by atoms with Crippen LogP contribution in [0, 0.1) is 0 Å². The minimum Gasteiger partial charge on any atom is -0.394 e. The van der Waals surface area contributed by atoms with Crippen LogP contribution in [-0.4, -0.2) is 46.1 Å². The Labute approximate surface area is 343 Å². The van der Waals surface area contributed by atoms with Crippen molar-refractivity contribution in [3.63, 3.8) is 0 Å². The molecule has 0 saturated carbocycles. The first-order valence-corrected chi connectivity index (χ1v) is 24.6. The van der Waals surface area contributed by atoms with Crippen LogP contribution in [0.25, 0.3) is 0 Å². The van der Waals surface area contributed by atoms with Crippen LogP contribution in [0.1, 0.15) is 264 Å². The molecular weight excluding hydrogens is 679 g/mol. The van der Waals surface area contributed by atoms with Crippen molar-refractivity contribution in [1.29, 1.82) is 0 Å². The maximum absolute atomic E-state index is 12.4. The van der Waals surface area contributed by atoms with Crippen molar-refractivity contribution in [1.82, 2.24) is 5.32 Å². The van der Waals surface area contributed by atoms with Gasteiger partial charge in [0.2, 0.25) is 5.91 Å². The maximum atomic E-state index is 12.4. The Morgan fingerprint density at radius 2 is 0.745 bits per heavy atom. The highest BCUT2D eigenvalue weighted by Crippen LogP contribution is 2.17. The molecule has 0 fully saturated rings. The Morgan fingerprint density at radius 3 is 1.11 bits per heavy atom. The van der Waals surface area contributed by atoms with Crippen LogP contribution >= 0.6 is 0 Å². The van der Waals surface area contributed by atoms with E-state index in [2.05, 4.69) is 43.5 Å². The second-order valence-electron chi connectivity index (χ2n) is 17.0. The van der Waals surface area contributed by atoms with E-state index in [-0.39, 0.29) is 12.5 Å². The number of aliphatic hydroxyl groups excluding tert-OH is 3. The number of amides is 1. The van der Waals surface area contributed by atoms with Crippen LogP contribution in [-0.2, 0) is 4.79 Å². The number of hydrogen-bond acceptors (Lipinski definition) is 4. The summed E-state index contributed by atoms with van der Waals surface area (Å²) in [6.07, 6.45) is 56.1. The van der Waals surface area contributed by atoms with E-state index in [1.54, 1.807) is 0 Å². The van der Waals surface area contributed by atoms with E-state index in [0.29, 0.717) is 12.8 Å². The number of nitrogens with one attached hydrogen (secondary N) is 1. The highest BCUT2D eigenvalue weighted by molar-refractivity contribution is 5.76. The largest absolute Gasteiger partial charge is 0.394 e. The zero-order valence-corrected chi connectivity index (χ0v) is 37.1. The molecule has 0 aliphatic carbocycles. The molecule has 0 aromatic carbocycles. The highest BCUT2D eigenvalue weighted by Gasteiger charge is 2.26. The van der Waals surface area contributed by atoms with Crippen LogP contribution in [0.15, 0.2) is 24.3 Å². The molecule has 0 heterocycles.